The highest BCUT2D eigenvalue weighted by atomic mass is 16.6. The van der Waals surface area contributed by atoms with Gasteiger partial charge in [0.2, 0.25) is 6.10 Å². The van der Waals surface area contributed by atoms with E-state index in [9.17, 15) is 14.7 Å². The molecule has 0 amide bonds. The Balaban J connectivity index is 1.87. The maximum absolute atomic E-state index is 13.3. The summed E-state index contributed by atoms with van der Waals surface area (Å²) in [5.41, 5.74) is -1.22. The van der Waals surface area contributed by atoms with Gasteiger partial charge < -0.3 is 19.5 Å². The molecule has 1 aliphatic carbocycles. The molecule has 3 unspecified atom stereocenters. The summed E-state index contributed by atoms with van der Waals surface area (Å²) in [5.74, 6) is -1.61. The van der Waals surface area contributed by atoms with Gasteiger partial charge in [-0.25, -0.2) is 9.59 Å². The van der Waals surface area contributed by atoms with Crippen LogP contribution in [0.15, 0.2) is 30.3 Å². The molecule has 1 aromatic rings. The van der Waals surface area contributed by atoms with Gasteiger partial charge in [-0.05, 0) is 45.3 Å². The number of esters is 2. The summed E-state index contributed by atoms with van der Waals surface area (Å²) in [6, 6.07) is 8.96. The average Bonchev–Trinajstić information content (AvgIpc) is 3.38. The van der Waals surface area contributed by atoms with Gasteiger partial charge in [-0.2, -0.15) is 0 Å². The number of ether oxygens (including phenoxy) is 2. The lowest BCUT2D eigenvalue weighted by Crippen LogP contribution is -2.48. The molecule has 1 aromatic carbocycles. The number of nitrogens with zero attached hydrogens (tertiary/aromatic N) is 1. The first-order valence-electron chi connectivity index (χ1n) is 10.3. The van der Waals surface area contributed by atoms with Crippen LogP contribution >= 0.6 is 0 Å². The monoisotopic (exact) mass is 389 g/mol. The minimum absolute atomic E-state index is 0.128. The summed E-state index contributed by atoms with van der Waals surface area (Å²) in [5, 5.41) is 11.6. The van der Waals surface area contributed by atoms with Crippen molar-refractivity contribution >= 4 is 11.9 Å². The van der Waals surface area contributed by atoms with Gasteiger partial charge in [0.1, 0.15) is 0 Å². The van der Waals surface area contributed by atoms with Crippen LogP contribution in [0.4, 0.5) is 0 Å². The van der Waals surface area contributed by atoms with Crippen molar-refractivity contribution in [3.8, 4) is 0 Å². The van der Waals surface area contributed by atoms with Crippen molar-refractivity contribution in [2.75, 3.05) is 26.7 Å². The minimum Gasteiger partial charge on any atom is -0.463 e. The molecule has 0 bridgehead atoms. The molecule has 1 aliphatic heterocycles. The van der Waals surface area contributed by atoms with Crippen molar-refractivity contribution in [2.24, 2.45) is 11.8 Å². The smallest absolute Gasteiger partial charge is 0.347 e. The van der Waals surface area contributed by atoms with Crippen LogP contribution < -0.4 is 0 Å². The number of carbonyl (C=O) groups excluding carboxylic acids is 2. The Labute approximate surface area is 166 Å². The number of hydrogen-bond donors (Lipinski definition) is 1. The number of benzene rings is 1. The molecule has 0 spiro atoms. The van der Waals surface area contributed by atoms with E-state index in [1.807, 2.05) is 13.1 Å². The van der Waals surface area contributed by atoms with E-state index in [2.05, 4.69) is 4.90 Å². The molecule has 3 atom stereocenters. The van der Waals surface area contributed by atoms with Gasteiger partial charge in [-0.3, -0.25) is 0 Å². The molecule has 2 fully saturated rings. The summed E-state index contributed by atoms with van der Waals surface area (Å²) in [6.45, 7) is 3.45. The van der Waals surface area contributed by atoms with Crippen LogP contribution in [-0.2, 0) is 24.7 Å². The van der Waals surface area contributed by atoms with E-state index in [0.717, 1.165) is 38.6 Å². The fraction of sp³-hybridized carbons (Fsp3) is 0.636. The first kappa shape index (κ1) is 20.8. The van der Waals surface area contributed by atoms with E-state index in [1.54, 1.807) is 31.2 Å². The predicted octanol–water partition coefficient (Wildman–Crippen LogP) is 2.49. The van der Waals surface area contributed by atoms with Gasteiger partial charge in [0.25, 0.3) is 0 Å². The molecular weight excluding hydrogens is 358 g/mol. The molecule has 2 aliphatic rings. The normalized spacial score (nSPS) is 23.9. The third-order valence-corrected chi connectivity index (χ3v) is 6.08. The third kappa shape index (κ3) is 4.23. The lowest BCUT2D eigenvalue weighted by molar-refractivity contribution is -0.190. The van der Waals surface area contributed by atoms with Gasteiger partial charge in [-0.15, -0.1) is 0 Å². The van der Waals surface area contributed by atoms with Gasteiger partial charge in [0.15, 0.2) is 5.60 Å². The van der Waals surface area contributed by atoms with E-state index in [4.69, 9.17) is 9.47 Å². The van der Waals surface area contributed by atoms with Gasteiger partial charge >= 0.3 is 11.9 Å². The molecule has 1 saturated carbocycles. The Morgan fingerprint density at radius 2 is 1.89 bits per heavy atom. The Kier molecular flexibility index (Phi) is 6.73. The zero-order chi connectivity index (χ0) is 20.1. The molecule has 1 saturated heterocycles. The van der Waals surface area contributed by atoms with E-state index >= 15 is 0 Å². The number of likely N-dealkylation sites (tertiary alicyclic amines) is 1. The maximum Gasteiger partial charge on any atom is 0.347 e. The second kappa shape index (κ2) is 9.05. The number of carbonyl (C=O) groups is 2. The van der Waals surface area contributed by atoms with Crippen molar-refractivity contribution < 1.29 is 24.2 Å². The molecule has 0 radical (unpaired) electrons. The minimum atomic E-state index is -1.74. The Morgan fingerprint density at radius 1 is 1.21 bits per heavy atom. The Morgan fingerprint density at radius 3 is 2.46 bits per heavy atom. The molecule has 3 rings (SSSR count). The van der Waals surface area contributed by atoms with Gasteiger partial charge in [0, 0.05) is 18.4 Å². The van der Waals surface area contributed by atoms with Crippen LogP contribution in [0.3, 0.4) is 0 Å². The SMILES string of the molecule is CCOC(=O)C(OC(=O)C(O)(c1ccccc1)C1CCCC1)C1CCN(C)C1. The van der Waals surface area contributed by atoms with Crippen molar-refractivity contribution in [3.63, 3.8) is 0 Å². The fourth-order valence-electron chi connectivity index (χ4n) is 4.54. The lowest BCUT2D eigenvalue weighted by Gasteiger charge is -2.34. The highest BCUT2D eigenvalue weighted by Gasteiger charge is 2.50. The van der Waals surface area contributed by atoms with Crippen molar-refractivity contribution in [1.82, 2.24) is 4.90 Å². The molecule has 1 N–H and O–H groups in total. The van der Waals surface area contributed by atoms with Crippen LogP contribution in [0, 0.1) is 11.8 Å². The average molecular weight is 389 g/mol. The Hall–Kier alpha value is -1.92. The highest BCUT2D eigenvalue weighted by Crippen LogP contribution is 2.42. The van der Waals surface area contributed by atoms with Crippen molar-refractivity contribution in [2.45, 2.75) is 50.7 Å². The summed E-state index contributed by atoms with van der Waals surface area (Å²) in [6.07, 6.45) is 3.23. The summed E-state index contributed by atoms with van der Waals surface area (Å²) in [7, 11) is 1.98. The van der Waals surface area contributed by atoms with E-state index in [1.165, 1.54) is 0 Å². The predicted molar refractivity (Wildman–Crippen MR) is 104 cm³/mol. The fourth-order valence-corrected chi connectivity index (χ4v) is 4.54. The lowest BCUT2D eigenvalue weighted by atomic mass is 9.80. The molecule has 154 valence electrons. The number of hydrogen-bond acceptors (Lipinski definition) is 6. The van der Waals surface area contributed by atoms with E-state index in [-0.39, 0.29) is 18.4 Å². The zero-order valence-corrected chi connectivity index (χ0v) is 16.8. The molecular formula is C22H31NO5. The number of rotatable bonds is 7. The van der Waals surface area contributed by atoms with Gasteiger partial charge in [0.05, 0.1) is 6.61 Å². The molecule has 6 nitrogen and oxygen atoms in total. The first-order chi connectivity index (χ1) is 13.5. The maximum atomic E-state index is 13.3. The number of aliphatic hydroxyl groups is 1. The largest absolute Gasteiger partial charge is 0.463 e. The van der Waals surface area contributed by atoms with Gasteiger partial charge in [-0.1, -0.05) is 43.2 Å². The van der Waals surface area contributed by atoms with Crippen LogP contribution in [0.2, 0.25) is 0 Å². The van der Waals surface area contributed by atoms with Crippen LogP contribution in [0.25, 0.3) is 0 Å². The topological polar surface area (TPSA) is 76.1 Å². The molecule has 0 aromatic heterocycles. The second-order valence-corrected chi connectivity index (χ2v) is 8.00. The standard InChI is InChI=1S/C22H31NO5/c1-3-27-20(24)19(16-13-14-23(2)15-16)28-21(25)22(26,18-11-7-8-12-18)17-9-5-4-6-10-17/h4-6,9-10,16,18-19,26H,3,7-8,11-15H2,1-2H3. The van der Waals surface area contributed by atoms with Crippen molar-refractivity contribution in [3.05, 3.63) is 35.9 Å². The van der Waals surface area contributed by atoms with Crippen molar-refractivity contribution in [1.29, 1.82) is 0 Å². The summed E-state index contributed by atoms with van der Waals surface area (Å²) >= 11 is 0. The third-order valence-electron chi connectivity index (χ3n) is 6.08. The second-order valence-electron chi connectivity index (χ2n) is 8.00. The molecule has 6 heteroatoms. The van der Waals surface area contributed by atoms with E-state index in [0.29, 0.717) is 12.1 Å². The first-order valence-corrected chi connectivity index (χ1v) is 10.3. The van der Waals surface area contributed by atoms with Crippen LogP contribution in [0.5, 0.6) is 0 Å². The van der Waals surface area contributed by atoms with E-state index < -0.39 is 23.6 Å². The highest BCUT2D eigenvalue weighted by molar-refractivity contribution is 5.85. The molecule has 1 heterocycles. The molecule has 28 heavy (non-hydrogen) atoms. The zero-order valence-electron chi connectivity index (χ0n) is 16.8. The van der Waals surface area contributed by atoms with Crippen LogP contribution in [0.1, 0.15) is 44.6 Å². The van der Waals surface area contributed by atoms with Crippen LogP contribution in [-0.4, -0.2) is 54.8 Å². The quantitative estimate of drug-likeness (QED) is 0.722. The Bertz CT molecular complexity index is 673. The summed E-state index contributed by atoms with van der Waals surface area (Å²) < 4.78 is 10.9. The summed E-state index contributed by atoms with van der Waals surface area (Å²) in [4.78, 5) is 28.0.